The van der Waals surface area contributed by atoms with Crippen LogP contribution in [-0.4, -0.2) is 16.8 Å². The third-order valence-corrected chi connectivity index (χ3v) is 4.62. The zero-order valence-electron chi connectivity index (χ0n) is 13.3. The van der Waals surface area contributed by atoms with E-state index >= 15 is 0 Å². The van der Waals surface area contributed by atoms with Gasteiger partial charge in [0.2, 0.25) is 11.8 Å². The minimum Gasteiger partial charge on any atom is -0.352 e. The Kier molecular flexibility index (Phi) is 4.81. The molecule has 1 aliphatic carbocycles. The second-order valence-corrected chi connectivity index (χ2v) is 6.33. The number of hydrogen-bond acceptors (Lipinski definition) is 3. The molecule has 1 fully saturated rings. The van der Waals surface area contributed by atoms with Crippen molar-refractivity contribution in [2.75, 3.05) is 5.32 Å². The summed E-state index contributed by atoms with van der Waals surface area (Å²) in [6.45, 7) is 2.29. The number of carbonyl (C=O) groups is 2. The van der Waals surface area contributed by atoms with Gasteiger partial charge in [0.1, 0.15) is 0 Å². The molecule has 0 spiro atoms. The Morgan fingerprint density at radius 2 is 1.88 bits per heavy atom. The van der Waals surface area contributed by atoms with E-state index in [-0.39, 0.29) is 23.7 Å². The molecule has 1 aromatic heterocycles. The van der Waals surface area contributed by atoms with Crippen molar-refractivity contribution in [2.45, 2.75) is 19.9 Å². The Bertz CT molecular complexity index is 764. The SMILES string of the molecule is Cc1c(Cl)cccc1NC(=O)C1CC1C(=O)NCc1ccncc1. The summed E-state index contributed by atoms with van der Waals surface area (Å²) >= 11 is 6.05. The molecule has 1 aliphatic rings. The Morgan fingerprint density at radius 3 is 2.62 bits per heavy atom. The molecule has 2 unspecified atom stereocenters. The van der Waals surface area contributed by atoms with Gasteiger partial charge in [-0.15, -0.1) is 0 Å². The average molecular weight is 344 g/mol. The van der Waals surface area contributed by atoms with Crippen LogP contribution in [0.5, 0.6) is 0 Å². The highest BCUT2D eigenvalue weighted by atomic mass is 35.5. The lowest BCUT2D eigenvalue weighted by atomic mass is 10.2. The van der Waals surface area contributed by atoms with Gasteiger partial charge in [0.05, 0.1) is 11.8 Å². The number of pyridine rings is 1. The molecule has 0 saturated heterocycles. The zero-order chi connectivity index (χ0) is 17.1. The molecule has 0 radical (unpaired) electrons. The van der Waals surface area contributed by atoms with Crippen molar-refractivity contribution in [3.8, 4) is 0 Å². The molecule has 6 heteroatoms. The average Bonchev–Trinajstić information content (AvgIpc) is 3.39. The third kappa shape index (κ3) is 3.74. The summed E-state index contributed by atoms with van der Waals surface area (Å²) in [5, 5.41) is 6.33. The molecule has 2 atom stereocenters. The van der Waals surface area contributed by atoms with Gasteiger partial charge >= 0.3 is 0 Å². The van der Waals surface area contributed by atoms with Crippen LogP contribution in [-0.2, 0) is 16.1 Å². The van der Waals surface area contributed by atoms with Crippen LogP contribution in [0.15, 0.2) is 42.7 Å². The predicted octanol–water partition coefficient (Wildman–Crippen LogP) is 2.93. The number of amides is 2. The largest absolute Gasteiger partial charge is 0.352 e. The van der Waals surface area contributed by atoms with Crippen LogP contribution in [0.2, 0.25) is 5.02 Å². The van der Waals surface area contributed by atoms with Crippen LogP contribution in [0.3, 0.4) is 0 Å². The van der Waals surface area contributed by atoms with Crippen molar-refractivity contribution in [1.82, 2.24) is 10.3 Å². The number of rotatable bonds is 5. The topological polar surface area (TPSA) is 71.1 Å². The van der Waals surface area contributed by atoms with E-state index < -0.39 is 0 Å². The maximum atomic E-state index is 12.3. The van der Waals surface area contributed by atoms with E-state index in [0.717, 1.165) is 11.1 Å². The van der Waals surface area contributed by atoms with E-state index in [1.54, 1.807) is 30.6 Å². The van der Waals surface area contributed by atoms with Gasteiger partial charge in [-0.1, -0.05) is 17.7 Å². The second kappa shape index (κ2) is 7.01. The van der Waals surface area contributed by atoms with Crippen LogP contribution in [0.4, 0.5) is 5.69 Å². The molecule has 1 aromatic carbocycles. The highest BCUT2D eigenvalue weighted by Gasteiger charge is 2.47. The van der Waals surface area contributed by atoms with Crippen LogP contribution in [0.25, 0.3) is 0 Å². The first-order valence-corrected chi connectivity index (χ1v) is 8.16. The molecule has 124 valence electrons. The number of nitrogens with one attached hydrogen (secondary N) is 2. The van der Waals surface area contributed by atoms with Crippen molar-refractivity contribution in [1.29, 1.82) is 0 Å². The maximum absolute atomic E-state index is 12.3. The number of nitrogens with zero attached hydrogens (tertiary/aromatic N) is 1. The summed E-state index contributed by atoms with van der Waals surface area (Å²) in [6.07, 6.45) is 3.94. The highest BCUT2D eigenvalue weighted by Crippen LogP contribution is 2.40. The van der Waals surface area contributed by atoms with Crippen molar-refractivity contribution < 1.29 is 9.59 Å². The normalized spacial score (nSPS) is 18.8. The van der Waals surface area contributed by atoms with Crippen LogP contribution < -0.4 is 10.6 Å². The lowest BCUT2D eigenvalue weighted by Gasteiger charge is -2.09. The minimum absolute atomic E-state index is 0.0882. The molecule has 5 nitrogen and oxygen atoms in total. The fourth-order valence-electron chi connectivity index (χ4n) is 2.56. The second-order valence-electron chi connectivity index (χ2n) is 5.92. The summed E-state index contributed by atoms with van der Waals surface area (Å²) in [5.74, 6) is -0.758. The fraction of sp³-hybridized carbons (Fsp3) is 0.278. The lowest BCUT2D eigenvalue weighted by molar-refractivity contribution is -0.125. The maximum Gasteiger partial charge on any atom is 0.228 e. The Balaban J connectivity index is 1.52. The van der Waals surface area contributed by atoms with E-state index in [1.807, 2.05) is 19.1 Å². The molecule has 2 N–H and O–H groups in total. The molecule has 1 saturated carbocycles. The summed E-state index contributed by atoms with van der Waals surface area (Å²) in [7, 11) is 0. The summed E-state index contributed by atoms with van der Waals surface area (Å²) in [4.78, 5) is 28.4. The first-order valence-electron chi connectivity index (χ1n) is 7.79. The first-order chi connectivity index (χ1) is 11.6. The lowest BCUT2D eigenvalue weighted by Crippen LogP contribution is -2.27. The van der Waals surface area contributed by atoms with E-state index in [9.17, 15) is 9.59 Å². The molecule has 24 heavy (non-hydrogen) atoms. The molecule has 3 rings (SSSR count). The van der Waals surface area contributed by atoms with Crippen LogP contribution in [0, 0.1) is 18.8 Å². The molecule has 2 amide bonds. The zero-order valence-corrected chi connectivity index (χ0v) is 14.0. The third-order valence-electron chi connectivity index (χ3n) is 4.21. The first kappa shape index (κ1) is 16.5. The monoisotopic (exact) mass is 343 g/mol. The molecule has 1 heterocycles. The van der Waals surface area contributed by atoms with Crippen molar-refractivity contribution >= 4 is 29.1 Å². The van der Waals surface area contributed by atoms with E-state index in [0.29, 0.717) is 23.7 Å². The quantitative estimate of drug-likeness (QED) is 0.876. The van der Waals surface area contributed by atoms with Crippen molar-refractivity contribution in [2.24, 2.45) is 11.8 Å². The van der Waals surface area contributed by atoms with Gasteiger partial charge in [0, 0.05) is 29.6 Å². The minimum atomic E-state index is -0.277. The number of hydrogen-bond donors (Lipinski definition) is 2. The molecular formula is C18H18ClN3O2. The van der Waals surface area contributed by atoms with Crippen LogP contribution >= 0.6 is 11.6 Å². The summed E-state index contributed by atoms with van der Waals surface area (Å²) in [6, 6.07) is 9.06. The van der Waals surface area contributed by atoms with E-state index in [1.165, 1.54) is 0 Å². The standard InChI is InChI=1S/C18H18ClN3O2/c1-11-15(19)3-2-4-16(11)22-18(24)14-9-13(14)17(23)21-10-12-5-7-20-8-6-12/h2-8,13-14H,9-10H2,1H3,(H,21,23)(H,22,24). The fourth-order valence-corrected chi connectivity index (χ4v) is 2.74. The number of carbonyl (C=O) groups excluding carboxylic acids is 2. The highest BCUT2D eigenvalue weighted by molar-refractivity contribution is 6.31. The van der Waals surface area contributed by atoms with Gasteiger partial charge in [-0.05, 0) is 48.7 Å². The summed E-state index contributed by atoms with van der Waals surface area (Å²) in [5.41, 5.74) is 2.50. The van der Waals surface area contributed by atoms with Crippen molar-refractivity contribution in [3.63, 3.8) is 0 Å². The van der Waals surface area contributed by atoms with Gasteiger partial charge in [0.15, 0.2) is 0 Å². The number of anilines is 1. The number of aromatic nitrogens is 1. The molecule has 0 aliphatic heterocycles. The Hall–Kier alpha value is -2.40. The smallest absolute Gasteiger partial charge is 0.228 e. The van der Waals surface area contributed by atoms with Gasteiger partial charge in [-0.3, -0.25) is 14.6 Å². The molecular weight excluding hydrogens is 326 g/mol. The van der Waals surface area contributed by atoms with Gasteiger partial charge in [0.25, 0.3) is 0 Å². The Morgan fingerprint density at radius 1 is 1.17 bits per heavy atom. The number of benzene rings is 1. The van der Waals surface area contributed by atoms with Crippen LogP contribution in [0.1, 0.15) is 17.5 Å². The molecule has 0 bridgehead atoms. The Labute approximate surface area is 145 Å². The molecule has 2 aromatic rings. The summed E-state index contributed by atoms with van der Waals surface area (Å²) < 4.78 is 0. The van der Waals surface area contributed by atoms with Gasteiger partial charge in [-0.25, -0.2) is 0 Å². The van der Waals surface area contributed by atoms with E-state index in [4.69, 9.17) is 11.6 Å². The van der Waals surface area contributed by atoms with Crippen molar-refractivity contribution in [3.05, 3.63) is 58.9 Å². The van der Waals surface area contributed by atoms with Gasteiger partial charge < -0.3 is 10.6 Å². The predicted molar refractivity (Wildman–Crippen MR) is 92.5 cm³/mol. The van der Waals surface area contributed by atoms with E-state index in [2.05, 4.69) is 15.6 Å². The van der Waals surface area contributed by atoms with Gasteiger partial charge in [-0.2, -0.15) is 0 Å². The number of halogens is 1.